The van der Waals surface area contributed by atoms with Gasteiger partial charge in [-0.2, -0.15) is 0 Å². The molecular formula is C14H22BrClN2. The molecule has 2 rings (SSSR count). The van der Waals surface area contributed by atoms with Gasteiger partial charge in [-0.3, -0.25) is 4.90 Å². The van der Waals surface area contributed by atoms with Crippen molar-refractivity contribution in [2.75, 3.05) is 19.6 Å². The summed E-state index contributed by atoms with van der Waals surface area (Å²) in [6.07, 6.45) is 2.57. The fourth-order valence-corrected chi connectivity index (χ4v) is 3.04. The van der Waals surface area contributed by atoms with Crippen LogP contribution in [-0.4, -0.2) is 24.5 Å². The van der Waals surface area contributed by atoms with Crippen molar-refractivity contribution < 1.29 is 0 Å². The Bertz CT molecular complexity index is 373. The fourth-order valence-electron chi connectivity index (χ4n) is 2.62. The maximum Gasteiger partial charge on any atom is 0.0320 e. The lowest BCUT2D eigenvalue weighted by atomic mass is 9.95. The first-order valence-corrected chi connectivity index (χ1v) is 7.19. The van der Waals surface area contributed by atoms with Crippen LogP contribution in [-0.2, 0) is 0 Å². The van der Waals surface area contributed by atoms with E-state index in [0.717, 1.165) is 17.6 Å². The molecule has 0 spiro atoms. The molecule has 1 aromatic rings. The lowest BCUT2D eigenvalue weighted by Crippen LogP contribution is -2.39. The Hall–Kier alpha value is -0.0900. The highest BCUT2D eigenvalue weighted by Gasteiger charge is 2.23. The monoisotopic (exact) mass is 332 g/mol. The van der Waals surface area contributed by atoms with Crippen LogP contribution < -0.4 is 5.73 Å². The van der Waals surface area contributed by atoms with Crippen LogP contribution in [0.25, 0.3) is 0 Å². The van der Waals surface area contributed by atoms with Gasteiger partial charge >= 0.3 is 0 Å². The summed E-state index contributed by atoms with van der Waals surface area (Å²) in [4.78, 5) is 2.56. The highest BCUT2D eigenvalue weighted by atomic mass is 79.9. The van der Waals surface area contributed by atoms with Crippen molar-refractivity contribution in [2.24, 2.45) is 11.7 Å². The van der Waals surface area contributed by atoms with E-state index < -0.39 is 0 Å². The molecular weight excluding hydrogens is 312 g/mol. The Morgan fingerprint density at radius 1 is 1.50 bits per heavy atom. The molecule has 0 aliphatic carbocycles. The maximum absolute atomic E-state index is 5.79. The van der Waals surface area contributed by atoms with E-state index in [9.17, 15) is 0 Å². The molecule has 0 bridgehead atoms. The first-order chi connectivity index (χ1) is 8.20. The molecule has 4 heteroatoms. The summed E-state index contributed by atoms with van der Waals surface area (Å²) in [7, 11) is 0. The molecule has 1 aliphatic heterocycles. The highest BCUT2D eigenvalue weighted by Crippen LogP contribution is 2.27. The number of benzene rings is 1. The summed E-state index contributed by atoms with van der Waals surface area (Å²) in [5.74, 6) is 0.679. The van der Waals surface area contributed by atoms with Crippen molar-refractivity contribution in [3.05, 3.63) is 34.3 Å². The standard InChI is InChI=1S/C14H21BrN2.ClH/c1-11(13-5-2-6-14(15)8-13)17-7-3-4-12(9-16)10-17;/h2,5-6,8,11-12H,3-4,7,9-10,16H2,1H3;1H. The van der Waals surface area contributed by atoms with E-state index in [2.05, 4.69) is 52.0 Å². The van der Waals surface area contributed by atoms with Crippen LogP contribution in [0, 0.1) is 5.92 Å². The molecule has 2 unspecified atom stereocenters. The molecule has 1 heterocycles. The molecule has 1 fully saturated rings. The molecule has 2 nitrogen and oxygen atoms in total. The number of hydrogen-bond donors (Lipinski definition) is 1. The van der Waals surface area contributed by atoms with Crippen molar-refractivity contribution in [2.45, 2.75) is 25.8 Å². The predicted octanol–water partition coefficient (Wildman–Crippen LogP) is 3.60. The minimum Gasteiger partial charge on any atom is -0.330 e. The van der Waals surface area contributed by atoms with E-state index >= 15 is 0 Å². The molecule has 1 aromatic carbocycles. The second-order valence-electron chi connectivity index (χ2n) is 4.97. The first kappa shape index (κ1) is 16.0. The third-order valence-corrected chi connectivity index (χ3v) is 4.26. The van der Waals surface area contributed by atoms with E-state index in [1.165, 1.54) is 24.9 Å². The van der Waals surface area contributed by atoms with Gasteiger partial charge in [0.05, 0.1) is 0 Å². The predicted molar refractivity (Wildman–Crippen MR) is 83.2 cm³/mol. The SMILES string of the molecule is CC(c1cccc(Br)c1)N1CCCC(CN)C1.Cl. The Morgan fingerprint density at radius 2 is 2.28 bits per heavy atom. The zero-order valence-electron chi connectivity index (χ0n) is 10.8. The molecule has 2 N–H and O–H groups in total. The lowest BCUT2D eigenvalue weighted by molar-refractivity contribution is 0.134. The van der Waals surface area contributed by atoms with E-state index in [0.29, 0.717) is 12.0 Å². The van der Waals surface area contributed by atoms with Crippen molar-refractivity contribution in [3.63, 3.8) is 0 Å². The summed E-state index contributed by atoms with van der Waals surface area (Å²) in [5, 5.41) is 0. The maximum atomic E-state index is 5.79. The minimum atomic E-state index is 0. The van der Waals surface area contributed by atoms with Crippen LogP contribution in [0.4, 0.5) is 0 Å². The number of nitrogens with zero attached hydrogens (tertiary/aromatic N) is 1. The van der Waals surface area contributed by atoms with Crippen LogP contribution in [0.15, 0.2) is 28.7 Å². The average molecular weight is 334 g/mol. The number of hydrogen-bond acceptors (Lipinski definition) is 2. The normalized spacial score (nSPS) is 22.3. The number of piperidine rings is 1. The highest BCUT2D eigenvalue weighted by molar-refractivity contribution is 9.10. The lowest BCUT2D eigenvalue weighted by Gasteiger charge is -2.36. The zero-order chi connectivity index (χ0) is 12.3. The van der Waals surface area contributed by atoms with Gasteiger partial charge in [-0.1, -0.05) is 28.1 Å². The van der Waals surface area contributed by atoms with Crippen LogP contribution >= 0.6 is 28.3 Å². The Morgan fingerprint density at radius 3 is 2.94 bits per heavy atom. The van der Waals surface area contributed by atoms with Crippen LogP contribution in [0.2, 0.25) is 0 Å². The molecule has 1 saturated heterocycles. The van der Waals surface area contributed by atoms with E-state index in [1.807, 2.05) is 0 Å². The van der Waals surface area contributed by atoms with Gasteiger partial charge in [0, 0.05) is 17.1 Å². The van der Waals surface area contributed by atoms with Gasteiger partial charge in [-0.15, -0.1) is 12.4 Å². The molecule has 0 saturated carbocycles. The second-order valence-corrected chi connectivity index (χ2v) is 5.89. The van der Waals surface area contributed by atoms with Crippen LogP contribution in [0.5, 0.6) is 0 Å². The van der Waals surface area contributed by atoms with Gasteiger partial charge in [0.1, 0.15) is 0 Å². The third kappa shape index (κ3) is 3.95. The summed E-state index contributed by atoms with van der Waals surface area (Å²) in [6.45, 7) is 5.46. The van der Waals surface area contributed by atoms with Gasteiger partial charge in [0.25, 0.3) is 0 Å². The van der Waals surface area contributed by atoms with E-state index in [1.54, 1.807) is 0 Å². The first-order valence-electron chi connectivity index (χ1n) is 6.40. The summed E-state index contributed by atoms with van der Waals surface area (Å²) < 4.78 is 1.16. The van der Waals surface area contributed by atoms with Gasteiger partial charge in [-0.25, -0.2) is 0 Å². The van der Waals surface area contributed by atoms with Gasteiger partial charge in [0.15, 0.2) is 0 Å². The van der Waals surface area contributed by atoms with Crippen LogP contribution in [0.3, 0.4) is 0 Å². The number of nitrogens with two attached hydrogens (primary N) is 1. The minimum absolute atomic E-state index is 0. The summed E-state index contributed by atoms with van der Waals surface area (Å²) in [5.41, 5.74) is 7.18. The topological polar surface area (TPSA) is 29.3 Å². The Kier molecular flexibility index (Phi) is 6.64. The molecule has 0 aromatic heterocycles. The average Bonchev–Trinajstić information content (AvgIpc) is 2.38. The summed E-state index contributed by atoms with van der Waals surface area (Å²) in [6, 6.07) is 9.11. The van der Waals surface area contributed by atoms with Gasteiger partial charge in [-0.05, 0) is 56.5 Å². The Balaban J connectivity index is 0.00000162. The smallest absolute Gasteiger partial charge is 0.0320 e. The quantitative estimate of drug-likeness (QED) is 0.915. The largest absolute Gasteiger partial charge is 0.330 e. The van der Waals surface area contributed by atoms with Gasteiger partial charge < -0.3 is 5.73 Å². The summed E-state index contributed by atoms with van der Waals surface area (Å²) >= 11 is 3.54. The van der Waals surface area contributed by atoms with E-state index in [4.69, 9.17) is 5.73 Å². The molecule has 2 atom stereocenters. The number of likely N-dealkylation sites (tertiary alicyclic amines) is 1. The molecule has 0 amide bonds. The molecule has 1 aliphatic rings. The fraction of sp³-hybridized carbons (Fsp3) is 0.571. The Labute approximate surface area is 124 Å². The molecule has 102 valence electrons. The number of rotatable bonds is 3. The van der Waals surface area contributed by atoms with Crippen molar-refractivity contribution >= 4 is 28.3 Å². The zero-order valence-corrected chi connectivity index (χ0v) is 13.2. The van der Waals surface area contributed by atoms with Crippen molar-refractivity contribution in [1.82, 2.24) is 4.90 Å². The van der Waals surface area contributed by atoms with Gasteiger partial charge in [0.2, 0.25) is 0 Å². The van der Waals surface area contributed by atoms with Crippen molar-refractivity contribution in [1.29, 1.82) is 0 Å². The molecule has 0 radical (unpaired) electrons. The number of halogens is 2. The second kappa shape index (κ2) is 7.49. The molecule has 18 heavy (non-hydrogen) atoms. The van der Waals surface area contributed by atoms with Crippen molar-refractivity contribution in [3.8, 4) is 0 Å². The van der Waals surface area contributed by atoms with E-state index in [-0.39, 0.29) is 12.4 Å². The third-order valence-electron chi connectivity index (χ3n) is 3.76. The van der Waals surface area contributed by atoms with Crippen LogP contribution in [0.1, 0.15) is 31.4 Å².